The van der Waals surface area contributed by atoms with Crippen LogP contribution in [0.15, 0.2) is 83.8 Å². The number of anilines is 1. The first-order valence-corrected chi connectivity index (χ1v) is 10.3. The first kappa shape index (κ1) is 18.6. The van der Waals surface area contributed by atoms with E-state index in [1.165, 1.54) is 22.5 Å². The van der Waals surface area contributed by atoms with Crippen LogP contribution in [0.2, 0.25) is 0 Å². The van der Waals surface area contributed by atoms with Crippen molar-refractivity contribution in [1.29, 1.82) is 0 Å². The number of amides is 1. The molecule has 3 aromatic carbocycles. The van der Waals surface area contributed by atoms with E-state index in [4.69, 9.17) is 5.21 Å². The molecule has 0 saturated carbocycles. The molecule has 0 saturated heterocycles. The Labute approximate surface area is 171 Å². The van der Waals surface area contributed by atoms with E-state index in [-0.39, 0.29) is 0 Å². The van der Waals surface area contributed by atoms with E-state index >= 15 is 0 Å². The summed E-state index contributed by atoms with van der Waals surface area (Å²) in [6.45, 7) is 0. The summed E-state index contributed by atoms with van der Waals surface area (Å²) in [6.07, 6.45) is 0. The Balaban J connectivity index is 1.51. The summed E-state index contributed by atoms with van der Waals surface area (Å²) in [5, 5.41) is 9.79. The van der Waals surface area contributed by atoms with Crippen LogP contribution < -0.4 is 9.79 Å². The maximum atomic E-state index is 11.6. The lowest BCUT2D eigenvalue weighted by Crippen LogP contribution is -2.16. The molecule has 0 aliphatic rings. The fourth-order valence-electron chi connectivity index (χ4n) is 2.94. The van der Waals surface area contributed by atoms with Crippen LogP contribution >= 0.6 is 23.3 Å². The number of hydroxylamine groups is 1. The second-order valence-electron chi connectivity index (χ2n) is 6.25. The van der Waals surface area contributed by atoms with Gasteiger partial charge >= 0.3 is 0 Å². The maximum Gasteiger partial charge on any atom is 0.284 e. The van der Waals surface area contributed by atoms with Crippen molar-refractivity contribution in [2.75, 3.05) is 11.4 Å². The molecule has 1 heterocycles. The molecule has 0 aliphatic heterocycles. The van der Waals surface area contributed by atoms with Gasteiger partial charge in [0.05, 0.1) is 4.88 Å². The summed E-state index contributed by atoms with van der Waals surface area (Å²) in [5.74, 6) is -0.482. The van der Waals surface area contributed by atoms with E-state index < -0.39 is 5.91 Å². The van der Waals surface area contributed by atoms with Crippen molar-refractivity contribution in [3.63, 3.8) is 0 Å². The largest absolute Gasteiger partial charge is 0.315 e. The van der Waals surface area contributed by atoms with Crippen LogP contribution in [0.3, 0.4) is 0 Å². The number of carbonyl (C=O) groups excluding carboxylic acids is 1. The molecule has 0 atom stereocenters. The molecular formula is C22H18N2O2S2. The van der Waals surface area contributed by atoms with Crippen molar-refractivity contribution in [3.8, 4) is 11.1 Å². The third-order valence-electron chi connectivity index (χ3n) is 4.39. The van der Waals surface area contributed by atoms with E-state index in [0.717, 1.165) is 20.7 Å². The lowest BCUT2D eigenvalue weighted by Gasteiger charge is -2.18. The highest BCUT2D eigenvalue weighted by Gasteiger charge is 2.11. The minimum Gasteiger partial charge on any atom is -0.315 e. The standard InChI is InChI=1S/C22H18N2O2S2/c1-24(18-9-12-20-17(13-18)14-21(27-20)22(25)23-26)28-19-10-7-16(8-11-19)15-5-3-2-4-6-15/h2-14,26H,1H3,(H,23,25). The molecule has 1 amide bonds. The van der Waals surface area contributed by atoms with Crippen molar-refractivity contribution >= 4 is 45.0 Å². The number of nitrogens with one attached hydrogen (secondary N) is 1. The predicted octanol–water partition coefficient (Wildman–Crippen LogP) is 5.83. The van der Waals surface area contributed by atoms with Crippen LogP contribution in [0.4, 0.5) is 5.69 Å². The Morgan fingerprint density at radius 1 is 0.964 bits per heavy atom. The minimum absolute atomic E-state index is 0.482. The number of benzene rings is 3. The maximum absolute atomic E-state index is 11.6. The second kappa shape index (κ2) is 8.06. The summed E-state index contributed by atoms with van der Waals surface area (Å²) in [5.41, 5.74) is 5.13. The van der Waals surface area contributed by atoms with Crippen LogP contribution in [0.5, 0.6) is 0 Å². The molecule has 28 heavy (non-hydrogen) atoms. The molecule has 0 bridgehead atoms. The lowest BCUT2D eigenvalue weighted by molar-refractivity contribution is 0.0711. The lowest BCUT2D eigenvalue weighted by atomic mass is 10.1. The van der Waals surface area contributed by atoms with Gasteiger partial charge in [-0.3, -0.25) is 10.0 Å². The summed E-state index contributed by atoms with van der Waals surface area (Å²) in [4.78, 5) is 13.2. The Bertz CT molecular complexity index is 1110. The van der Waals surface area contributed by atoms with Crippen molar-refractivity contribution in [1.82, 2.24) is 5.48 Å². The van der Waals surface area contributed by atoms with Crippen LogP contribution in [-0.4, -0.2) is 18.2 Å². The quantitative estimate of drug-likeness (QED) is 0.249. The summed E-state index contributed by atoms with van der Waals surface area (Å²) < 4.78 is 3.11. The third-order valence-corrected chi connectivity index (χ3v) is 6.48. The Morgan fingerprint density at radius 3 is 2.39 bits per heavy atom. The summed E-state index contributed by atoms with van der Waals surface area (Å²) in [6, 6.07) is 26.7. The van der Waals surface area contributed by atoms with Crippen molar-refractivity contribution in [3.05, 3.63) is 83.7 Å². The smallest absolute Gasteiger partial charge is 0.284 e. The predicted molar refractivity (Wildman–Crippen MR) is 117 cm³/mol. The van der Waals surface area contributed by atoms with E-state index in [9.17, 15) is 4.79 Å². The zero-order valence-corrected chi connectivity index (χ0v) is 16.8. The average Bonchev–Trinajstić information content (AvgIpc) is 3.17. The van der Waals surface area contributed by atoms with Gasteiger partial charge in [-0.2, -0.15) is 0 Å². The van der Waals surface area contributed by atoms with Gasteiger partial charge in [-0.25, -0.2) is 5.48 Å². The van der Waals surface area contributed by atoms with Crippen LogP contribution in [0, 0.1) is 0 Å². The summed E-state index contributed by atoms with van der Waals surface area (Å²) >= 11 is 3.00. The van der Waals surface area contributed by atoms with E-state index in [2.05, 4.69) is 40.7 Å². The monoisotopic (exact) mass is 406 g/mol. The number of hydrogen-bond donors (Lipinski definition) is 2. The van der Waals surface area contributed by atoms with Gasteiger partial charge in [0, 0.05) is 22.3 Å². The Hall–Kier alpha value is -2.80. The SMILES string of the molecule is CN(Sc1ccc(-c2ccccc2)cc1)c1ccc2sc(C(=O)NO)cc2c1. The van der Waals surface area contributed by atoms with Crippen LogP contribution in [0.1, 0.15) is 9.67 Å². The molecule has 0 fully saturated rings. The fraction of sp³-hybridized carbons (Fsp3) is 0.0455. The third kappa shape index (κ3) is 3.89. The van der Waals surface area contributed by atoms with Crippen molar-refractivity contribution < 1.29 is 10.0 Å². The first-order valence-electron chi connectivity index (χ1n) is 8.69. The summed E-state index contributed by atoms with van der Waals surface area (Å²) in [7, 11) is 2.02. The Morgan fingerprint density at radius 2 is 1.68 bits per heavy atom. The van der Waals surface area contributed by atoms with Gasteiger partial charge in [-0.15, -0.1) is 11.3 Å². The van der Waals surface area contributed by atoms with Crippen molar-refractivity contribution in [2.24, 2.45) is 0 Å². The molecule has 1 aromatic heterocycles. The molecule has 4 aromatic rings. The number of thiophene rings is 1. The zero-order chi connectivity index (χ0) is 19.5. The van der Waals surface area contributed by atoms with Gasteiger partial charge in [0.15, 0.2) is 0 Å². The van der Waals surface area contributed by atoms with Crippen LogP contribution in [-0.2, 0) is 0 Å². The van der Waals surface area contributed by atoms with Crippen molar-refractivity contribution in [2.45, 2.75) is 4.90 Å². The normalized spacial score (nSPS) is 10.8. The minimum atomic E-state index is -0.482. The number of hydrogen-bond acceptors (Lipinski definition) is 5. The Kier molecular flexibility index (Phi) is 5.34. The number of rotatable bonds is 5. The number of fused-ring (bicyclic) bond motifs is 1. The molecule has 2 N–H and O–H groups in total. The molecule has 0 unspecified atom stereocenters. The zero-order valence-electron chi connectivity index (χ0n) is 15.1. The molecule has 4 nitrogen and oxygen atoms in total. The van der Waals surface area contributed by atoms with Crippen LogP contribution in [0.25, 0.3) is 21.2 Å². The topological polar surface area (TPSA) is 52.6 Å². The molecule has 0 aliphatic carbocycles. The van der Waals surface area contributed by atoms with E-state index in [1.54, 1.807) is 23.5 Å². The fourth-order valence-corrected chi connectivity index (χ4v) is 4.67. The molecule has 4 rings (SSSR count). The number of carbonyl (C=O) groups is 1. The highest BCUT2D eigenvalue weighted by Crippen LogP contribution is 2.33. The van der Waals surface area contributed by atoms with Gasteiger partial charge in [0.1, 0.15) is 0 Å². The van der Waals surface area contributed by atoms with Gasteiger partial charge in [0.2, 0.25) is 0 Å². The van der Waals surface area contributed by atoms with Gasteiger partial charge in [-0.05, 0) is 64.9 Å². The second-order valence-corrected chi connectivity index (χ2v) is 8.54. The first-order chi connectivity index (χ1) is 13.6. The molecular weight excluding hydrogens is 388 g/mol. The molecule has 0 radical (unpaired) electrons. The number of nitrogens with zero attached hydrogens (tertiary/aromatic N) is 1. The average molecular weight is 407 g/mol. The molecule has 140 valence electrons. The van der Waals surface area contributed by atoms with Gasteiger partial charge in [-0.1, -0.05) is 42.5 Å². The highest BCUT2D eigenvalue weighted by atomic mass is 32.2. The van der Waals surface area contributed by atoms with E-state index in [1.807, 2.05) is 43.4 Å². The van der Waals surface area contributed by atoms with E-state index in [0.29, 0.717) is 4.88 Å². The molecule has 6 heteroatoms. The highest BCUT2D eigenvalue weighted by molar-refractivity contribution is 8.00. The van der Waals surface area contributed by atoms with Gasteiger partial charge < -0.3 is 4.31 Å². The molecule has 0 spiro atoms. The van der Waals surface area contributed by atoms with Gasteiger partial charge in [0.25, 0.3) is 5.91 Å².